The number of benzene rings is 3. The van der Waals surface area contributed by atoms with Gasteiger partial charge in [0.25, 0.3) is 5.91 Å². The van der Waals surface area contributed by atoms with Crippen molar-refractivity contribution in [1.82, 2.24) is 4.90 Å². The third kappa shape index (κ3) is 5.57. The molecule has 0 aliphatic heterocycles. The summed E-state index contributed by atoms with van der Waals surface area (Å²) >= 11 is 0. The number of aryl methyl sites for hydroxylation is 1. The van der Waals surface area contributed by atoms with Crippen molar-refractivity contribution in [2.24, 2.45) is 0 Å². The van der Waals surface area contributed by atoms with Gasteiger partial charge < -0.3 is 15.0 Å². The van der Waals surface area contributed by atoms with Crippen LogP contribution in [-0.4, -0.2) is 36.4 Å². The van der Waals surface area contributed by atoms with E-state index in [1.54, 1.807) is 0 Å². The van der Waals surface area contributed by atoms with Crippen LogP contribution in [0, 0.1) is 6.92 Å². The summed E-state index contributed by atoms with van der Waals surface area (Å²) in [4.78, 5) is 26.6. The number of anilines is 1. The van der Waals surface area contributed by atoms with Gasteiger partial charge in [0.2, 0.25) is 5.91 Å². The molecule has 0 unspecified atom stereocenters. The van der Waals surface area contributed by atoms with Crippen LogP contribution in [0.15, 0.2) is 66.7 Å². The molecule has 3 rings (SSSR count). The molecule has 0 aliphatic carbocycles. The molecule has 2 amide bonds. The van der Waals surface area contributed by atoms with E-state index in [-0.39, 0.29) is 25.0 Å². The molecule has 0 saturated carbocycles. The van der Waals surface area contributed by atoms with Crippen molar-refractivity contribution in [3.8, 4) is 5.75 Å². The molecule has 3 aromatic rings. The zero-order valence-electron chi connectivity index (χ0n) is 16.9. The lowest BCUT2D eigenvalue weighted by molar-refractivity contribution is -0.136. The first kappa shape index (κ1) is 20.4. The summed E-state index contributed by atoms with van der Waals surface area (Å²) in [5, 5.41) is 5.05. The number of ether oxygens (including phenoxy) is 1. The number of para-hydroxylation sites is 1. The Morgan fingerprint density at radius 1 is 0.966 bits per heavy atom. The van der Waals surface area contributed by atoms with Crippen LogP contribution in [0.4, 0.5) is 5.69 Å². The van der Waals surface area contributed by atoms with Gasteiger partial charge in [-0.05, 0) is 47.9 Å². The predicted octanol–water partition coefficient (Wildman–Crippen LogP) is 4.40. The molecule has 0 atom stereocenters. The summed E-state index contributed by atoms with van der Waals surface area (Å²) < 4.78 is 5.70. The van der Waals surface area contributed by atoms with Crippen molar-refractivity contribution in [3.63, 3.8) is 0 Å². The summed E-state index contributed by atoms with van der Waals surface area (Å²) in [6, 6.07) is 21.3. The molecular formula is C24H26N2O3. The number of nitrogens with one attached hydrogen (secondary N) is 1. The molecule has 29 heavy (non-hydrogen) atoms. The maximum atomic E-state index is 12.6. The number of nitrogens with zero attached hydrogens (tertiary/aromatic N) is 1. The molecule has 0 spiro atoms. The van der Waals surface area contributed by atoms with E-state index in [9.17, 15) is 9.59 Å². The van der Waals surface area contributed by atoms with Crippen LogP contribution >= 0.6 is 0 Å². The minimum atomic E-state index is -0.216. The number of rotatable bonds is 8. The second-order valence-electron chi connectivity index (χ2n) is 6.98. The van der Waals surface area contributed by atoms with E-state index < -0.39 is 0 Å². The summed E-state index contributed by atoms with van der Waals surface area (Å²) in [7, 11) is 0. The molecule has 0 heterocycles. The van der Waals surface area contributed by atoms with E-state index in [0.717, 1.165) is 28.4 Å². The average Bonchev–Trinajstić information content (AvgIpc) is 2.73. The molecule has 150 valence electrons. The summed E-state index contributed by atoms with van der Waals surface area (Å²) in [5.41, 5.74) is 1.74. The monoisotopic (exact) mass is 390 g/mol. The third-order valence-electron chi connectivity index (χ3n) is 4.68. The number of hydrogen-bond acceptors (Lipinski definition) is 3. The number of carbonyl (C=O) groups excluding carboxylic acids is 2. The van der Waals surface area contributed by atoms with Crippen LogP contribution in [0.1, 0.15) is 18.9 Å². The minimum absolute atomic E-state index is 0.00207. The molecule has 0 bridgehead atoms. The fourth-order valence-corrected chi connectivity index (χ4v) is 3.13. The van der Waals surface area contributed by atoms with Crippen molar-refractivity contribution < 1.29 is 14.3 Å². The zero-order chi connectivity index (χ0) is 20.6. The standard InChI is InChI=1S/C24H26N2O3/c1-3-14-26(16-23(27)25-22-11-7-4-8-18(22)2)24(28)17-29-21-13-12-19-9-5-6-10-20(19)15-21/h4-13,15H,3,14,16-17H2,1-2H3,(H,25,27). The second-order valence-corrected chi connectivity index (χ2v) is 6.98. The molecule has 5 nitrogen and oxygen atoms in total. The number of amides is 2. The number of carbonyl (C=O) groups is 2. The molecular weight excluding hydrogens is 364 g/mol. The molecule has 0 aromatic heterocycles. The van der Waals surface area contributed by atoms with Gasteiger partial charge in [0, 0.05) is 12.2 Å². The maximum absolute atomic E-state index is 12.6. The Labute approximate surface area is 171 Å². The summed E-state index contributed by atoms with van der Waals surface area (Å²) in [6.45, 7) is 4.31. The van der Waals surface area contributed by atoms with Gasteiger partial charge in [-0.15, -0.1) is 0 Å². The van der Waals surface area contributed by atoms with E-state index in [1.807, 2.05) is 80.6 Å². The quantitative estimate of drug-likeness (QED) is 0.620. The predicted molar refractivity (Wildman–Crippen MR) is 116 cm³/mol. The molecule has 3 aromatic carbocycles. The second kappa shape index (κ2) is 9.73. The normalized spacial score (nSPS) is 10.6. The van der Waals surface area contributed by atoms with Gasteiger partial charge in [0.15, 0.2) is 6.61 Å². The highest BCUT2D eigenvalue weighted by Crippen LogP contribution is 2.20. The first-order chi connectivity index (χ1) is 14.1. The van der Waals surface area contributed by atoms with Gasteiger partial charge in [-0.25, -0.2) is 0 Å². The average molecular weight is 390 g/mol. The van der Waals surface area contributed by atoms with Crippen LogP contribution in [0.25, 0.3) is 10.8 Å². The Kier molecular flexibility index (Phi) is 6.85. The Morgan fingerprint density at radius 2 is 1.69 bits per heavy atom. The highest BCUT2D eigenvalue weighted by molar-refractivity contribution is 5.95. The van der Waals surface area contributed by atoms with Crippen LogP contribution in [0.2, 0.25) is 0 Å². The Morgan fingerprint density at radius 3 is 2.45 bits per heavy atom. The van der Waals surface area contributed by atoms with Gasteiger partial charge in [0.05, 0.1) is 6.54 Å². The van der Waals surface area contributed by atoms with Gasteiger partial charge in [-0.2, -0.15) is 0 Å². The third-order valence-corrected chi connectivity index (χ3v) is 4.68. The van der Waals surface area contributed by atoms with Gasteiger partial charge in [-0.1, -0.05) is 55.5 Å². The maximum Gasteiger partial charge on any atom is 0.260 e. The number of fused-ring (bicyclic) bond motifs is 1. The van der Waals surface area contributed by atoms with E-state index in [0.29, 0.717) is 12.3 Å². The first-order valence-electron chi connectivity index (χ1n) is 9.81. The van der Waals surface area contributed by atoms with Crippen LogP contribution in [0.5, 0.6) is 5.75 Å². The smallest absolute Gasteiger partial charge is 0.260 e. The fraction of sp³-hybridized carbons (Fsp3) is 0.250. The van der Waals surface area contributed by atoms with Crippen LogP contribution in [0.3, 0.4) is 0 Å². The molecule has 0 radical (unpaired) electrons. The molecule has 5 heteroatoms. The van der Waals surface area contributed by atoms with E-state index >= 15 is 0 Å². The number of hydrogen-bond donors (Lipinski definition) is 1. The Bertz CT molecular complexity index is 1000. The summed E-state index contributed by atoms with van der Waals surface area (Å²) in [5.74, 6) is 0.213. The lowest BCUT2D eigenvalue weighted by atomic mass is 10.1. The lowest BCUT2D eigenvalue weighted by Gasteiger charge is -2.22. The topological polar surface area (TPSA) is 58.6 Å². The van der Waals surface area contributed by atoms with E-state index in [1.165, 1.54) is 4.90 Å². The lowest BCUT2D eigenvalue weighted by Crippen LogP contribution is -2.41. The van der Waals surface area contributed by atoms with E-state index in [2.05, 4.69) is 5.32 Å². The van der Waals surface area contributed by atoms with Gasteiger partial charge >= 0.3 is 0 Å². The largest absolute Gasteiger partial charge is 0.484 e. The van der Waals surface area contributed by atoms with E-state index in [4.69, 9.17) is 4.74 Å². The highest BCUT2D eigenvalue weighted by Gasteiger charge is 2.17. The van der Waals surface area contributed by atoms with Crippen molar-refractivity contribution in [3.05, 3.63) is 72.3 Å². The van der Waals surface area contributed by atoms with Crippen molar-refractivity contribution in [2.75, 3.05) is 25.0 Å². The zero-order valence-corrected chi connectivity index (χ0v) is 16.9. The fourth-order valence-electron chi connectivity index (χ4n) is 3.13. The minimum Gasteiger partial charge on any atom is -0.484 e. The molecule has 1 N–H and O–H groups in total. The molecule has 0 fully saturated rings. The van der Waals surface area contributed by atoms with Crippen LogP contribution in [-0.2, 0) is 9.59 Å². The summed E-state index contributed by atoms with van der Waals surface area (Å²) in [6.07, 6.45) is 0.763. The molecule has 0 saturated heterocycles. The van der Waals surface area contributed by atoms with Crippen molar-refractivity contribution in [1.29, 1.82) is 0 Å². The van der Waals surface area contributed by atoms with Gasteiger partial charge in [-0.3, -0.25) is 9.59 Å². The van der Waals surface area contributed by atoms with Crippen LogP contribution < -0.4 is 10.1 Å². The van der Waals surface area contributed by atoms with Gasteiger partial charge in [0.1, 0.15) is 5.75 Å². The Hall–Kier alpha value is -3.34. The Balaban J connectivity index is 1.59. The highest BCUT2D eigenvalue weighted by atomic mass is 16.5. The van der Waals surface area contributed by atoms with Crippen molar-refractivity contribution in [2.45, 2.75) is 20.3 Å². The van der Waals surface area contributed by atoms with Crippen molar-refractivity contribution >= 4 is 28.3 Å². The molecule has 0 aliphatic rings. The first-order valence-corrected chi connectivity index (χ1v) is 9.81. The SMILES string of the molecule is CCCN(CC(=O)Nc1ccccc1C)C(=O)COc1ccc2ccccc2c1.